The molecule has 0 radical (unpaired) electrons. The first-order valence-corrected chi connectivity index (χ1v) is 11.4. The Morgan fingerprint density at radius 3 is 2.46 bits per heavy atom. The van der Waals surface area contributed by atoms with Crippen LogP contribution in [-0.2, 0) is 22.0 Å². The predicted molar refractivity (Wildman–Crippen MR) is 107 cm³/mol. The summed E-state index contributed by atoms with van der Waals surface area (Å²) in [4.78, 5) is 1.81. The van der Waals surface area contributed by atoms with Crippen molar-refractivity contribution in [2.45, 2.75) is 64.3 Å². The number of halogens is 1. The van der Waals surface area contributed by atoms with Gasteiger partial charge in [0.05, 0.1) is 5.02 Å². The summed E-state index contributed by atoms with van der Waals surface area (Å²) < 4.78 is 32.3. The Hall–Kier alpha value is -1.11. The van der Waals surface area contributed by atoms with E-state index >= 15 is 0 Å². The maximum Gasteiger partial charge on any atom is 0.286 e. The highest BCUT2D eigenvalue weighted by molar-refractivity contribution is 7.90. The molecular weight excluding hydrogens is 388 g/mol. The first-order valence-electron chi connectivity index (χ1n) is 8.77. The summed E-state index contributed by atoms with van der Waals surface area (Å²) in [5.41, 5.74) is 1.66. The molecule has 0 saturated heterocycles. The number of nitrogens with zero attached hydrogens (tertiary/aromatic N) is 2. The summed E-state index contributed by atoms with van der Waals surface area (Å²) in [6.07, 6.45) is 2.39. The van der Waals surface area contributed by atoms with Crippen LogP contribution in [0.25, 0.3) is 0 Å². The molecule has 0 bridgehead atoms. The van der Waals surface area contributed by atoms with Crippen LogP contribution in [0, 0.1) is 19.8 Å². The number of hydrogen-bond donors (Lipinski definition) is 0. The Balaban J connectivity index is 2.21. The van der Waals surface area contributed by atoms with Gasteiger partial charge < -0.3 is 4.57 Å². The minimum Gasteiger partial charge on any atom is -0.320 e. The molecule has 1 aliphatic carbocycles. The summed E-state index contributed by atoms with van der Waals surface area (Å²) in [5, 5.41) is 0.215. The van der Waals surface area contributed by atoms with Crippen LogP contribution in [0.15, 0.2) is 27.5 Å². The van der Waals surface area contributed by atoms with Crippen molar-refractivity contribution in [3.8, 4) is 0 Å². The Kier molecular flexibility index (Phi) is 5.14. The molecule has 1 fully saturated rings. The number of sulfonamides is 1. The molecule has 3 rings (SSSR count). The van der Waals surface area contributed by atoms with Gasteiger partial charge in [-0.05, 0) is 49.7 Å². The van der Waals surface area contributed by atoms with Gasteiger partial charge in [0.1, 0.15) is 4.90 Å². The second-order valence-corrected chi connectivity index (χ2v) is 11.0. The second-order valence-electron chi connectivity index (χ2n) is 8.06. The van der Waals surface area contributed by atoms with Crippen LogP contribution < -0.4 is 4.80 Å². The van der Waals surface area contributed by atoms with E-state index in [9.17, 15) is 8.42 Å². The lowest BCUT2D eigenvalue weighted by Gasteiger charge is -2.17. The van der Waals surface area contributed by atoms with Crippen LogP contribution in [0.5, 0.6) is 0 Å². The van der Waals surface area contributed by atoms with E-state index in [1.54, 1.807) is 25.1 Å². The zero-order valence-corrected chi connectivity index (χ0v) is 18.2. The van der Waals surface area contributed by atoms with Crippen molar-refractivity contribution in [3.63, 3.8) is 0 Å². The lowest BCUT2D eigenvalue weighted by atomic mass is 9.93. The van der Waals surface area contributed by atoms with Gasteiger partial charge in [-0.25, -0.2) is 0 Å². The number of rotatable bonds is 4. The topological polar surface area (TPSA) is 51.4 Å². The Morgan fingerprint density at radius 1 is 1.27 bits per heavy atom. The molecule has 1 aromatic heterocycles. The highest BCUT2D eigenvalue weighted by Gasteiger charge is 2.28. The molecule has 1 heterocycles. The van der Waals surface area contributed by atoms with Gasteiger partial charge in [0.15, 0.2) is 0 Å². The molecule has 7 heteroatoms. The third kappa shape index (κ3) is 3.92. The number of thiazole rings is 1. The van der Waals surface area contributed by atoms with Crippen molar-refractivity contribution in [2.24, 2.45) is 10.3 Å². The molecule has 1 saturated carbocycles. The highest BCUT2D eigenvalue weighted by atomic mass is 35.5. The predicted octanol–water partition coefficient (Wildman–Crippen LogP) is 4.82. The van der Waals surface area contributed by atoms with Crippen LogP contribution in [0.4, 0.5) is 0 Å². The van der Waals surface area contributed by atoms with Crippen LogP contribution in [0.1, 0.15) is 49.7 Å². The zero-order valence-electron chi connectivity index (χ0n) is 15.8. The second kappa shape index (κ2) is 6.80. The molecule has 0 unspecified atom stereocenters. The average Bonchev–Trinajstić information content (AvgIpc) is 3.25. The van der Waals surface area contributed by atoms with Gasteiger partial charge in [0, 0.05) is 17.1 Å². The number of benzene rings is 1. The van der Waals surface area contributed by atoms with Crippen LogP contribution in [0.3, 0.4) is 0 Å². The standard InChI is InChI=1S/C19H25ClN2O2S2/c1-12-7-6-8-15(20)16(12)26(23,24)21-18-22(11-14-9-10-14)13(2)17(25-18)19(3,4)5/h6-8,14H,9-11H2,1-5H3. The zero-order chi connectivity index (χ0) is 19.3. The van der Waals surface area contributed by atoms with Gasteiger partial charge in [-0.2, -0.15) is 8.42 Å². The van der Waals surface area contributed by atoms with Gasteiger partial charge in [-0.1, -0.05) is 44.5 Å². The Labute approximate surface area is 164 Å². The molecule has 0 atom stereocenters. The van der Waals surface area contributed by atoms with E-state index in [4.69, 9.17) is 11.6 Å². The van der Waals surface area contributed by atoms with E-state index in [0.717, 1.165) is 12.2 Å². The lowest BCUT2D eigenvalue weighted by molar-refractivity contribution is 0.562. The van der Waals surface area contributed by atoms with Crippen LogP contribution >= 0.6 is 22.9 Å². The van der Waals surface area contributed by atoms with Gasteiger partial charge >= 0.3 is 0 Å². The van der Waals surface area contributed by atoms with E-state index in [2.05, 4.69) is 36.7 Å². The largest absolute Gasteiger partial charge is 0.320 e. The van der Waals surface area contributed by atoms with Crippen molar-refractivity contribution in [1.29, 1.82) is 0 Å². The fourth-order valence-corrected chi connectivity index (χ4v) is 6.33. The van der Waals surface area contributed by atoms with Gasteiger partial charge in [0.2, 0.25) is 4.80 Å². The minimum atomic E-state index is -3.88. The lowest BCUT2D eigenvalue weighted by Crippen LogP contribution is -2.20. The third-order valence-corrected chi connectivity index (χ3v) is 8.22. The molecule has 4 nitrogen and oxygen atoms in total. The molecule has 26 heavy (non-hydrogen) atoms. The molecule has 2 aromatic rings. The van der Waals surface area contributed by atoms with E-state index in [-0.39, 0.29) is 15.3 Å². The molecule has 0 N–H and O–H groups in total. The molecule has 142 valence electrons. The monoisotopic (exact) mass is 412 g/mol. The summed E-state index contributed by atoms with van der Waals surface area (Å²) in [6.45, 7) is 11.1. The number of hydrogen-bond acceptors (Lipinski definition) is 3. The fourth-order valence-electron chi connectivity index (χ4n) is 3.12. The van der Waals surface area contributed by atoms with E-state index in [0.29, 0.717) is 16.3 Å². The third-order valence-electron chi connectivity index (χ3n) is 4.60. The van der Waals surface area contributed by atoms with Crippen molar-refractivity contribution in [2.75, 3.05) is 0 Å². The smallest absolute Gasteiger partial charge is 0.286 e. The maximum absolute atomic E-state index is 13.0. The van der Waals surface area contributed by atoms with Crippen molar-refractivity contribution < 1.29 is 8.42 Å². The molecule has 1 aromatic carbocycles. The van der Waals surface area contributed by atoms with Gasteiger partial charge in [-0.3, -0.25) is 0 Å². The number of aromatic nitrogens is 1. The first-order chi connectivity index (χ1) is 12.0. The highest BCUT2D eigenvalue weighted by Crippen LogP contribution is 2.34. The summed E-state index contributed by atoms with van der Waals surface area (Å²) in [6, 6.07) is 5.08. The average molecular weight is 413 g/mol. The summed E-state index contributed by atoms with van der Waals surface area (Å²) >= 11 is 7.65. The van der Waals surface area contributed by atoms with E-state index in [1.807, 2.05) is 0 Å². The molecular formula is C19H25ClN2O2S2. The Morgan fingerprint density at radius 2 is 1.92 bits per heavy atom. The van der Waals surface area contributed by atoms with Crippen LogP contribution in [0.2, 0.25) is 5.02 Å². The first kappa shape index (κ1) is 19.6. The quantitative estimate of drug-likeness (QED) is 0.722. The van der Waals surface area contributed by atoms with Crippen molar-refractivity contribution >= 4 is 33.0 Å². The molecule has 0 spiro atoms. The van der Waals surface area contributed by atoms with E-state index in [1.165, 1.54) is 29.1 Å². The van der Waals surface area contributed by atoms with Crippen LogP contribution in [-0.4, -0.2) is 13.0 Å². The van der Waals surface area contributed by atoms with Crippen molar-refractivity contribution in [3.05, 3.63) is 44.2 Å². The number of aryl methyl sites for hydroxylation is 1. The minimum absolute atomic E-state index is 0.0576. The summed E-state index contributed by atoms with van der Waals surface area (Å²) in [5.74, 6) is 0.625. The maximum atomic E-state index is 13.0. The normalized spacial score (nSPS) is 16.3. The SMILES string of the molecule is Cc1cccc(Cl)c1S(=O)(=O)N=c1sc(C(C)(C)C)c(C)n1CC1CC1. The fraction of sp³-hybridized carbons (Fsp3) is 0.526. The summed E-state index contributed by atoms with van der Waals surface area (Å²) in [7, 11) is -3.88. The van der Waals surface area contributed by atoms with Gasteiger partial charge in [0.25, 0.3) is 10.0 Å². The Bertz CT molecular complexity index is 987. The van der Waals surface area contributed by atoms with E-state index < -0.39 is 10.0 Å². The molecule has 1 aliphatic rings. The van der Waals surface area contributed by atoms with Crippen molar-refractivity contribution in [1.82, 2.24) is 4.57 Å². The molecule has 0 aliphatic heterocycles. The van der Waals surface area contributed by atoms with Gasteiger partial charge in [-0.15, -0.1) is 15.7 Å². The molecule has 0 amide bonds.